The number of nitrogens with zero attached hydrogens (tertiary/aromatic N) is 1. The van der Waals surface area contributed by atoms with Gasteiger partial charge in [0.05, 0.1) is 5.41 Å². The van der Waals surface area contributed by atoms with Gasteiger partial charge in [-0.1, -0.05) is 11.6 Å². The summed E-state index contributed by atoms with van der Waals surface area (Å²) in [6.07, 6.45) is 0.802. The molecule has 2 heterocycles. The third-order valence-electron chi connectivity index (χ3n) is 4.76. The minimum Gasteiger partial charge on any atom is -0.444 e. The van der Waals surface area contributed by atoms with Crippen LogP contribution in [0.3, 0.4) is 0 Å². The number of piperidine rings is 1. The van der Waals surface area contributed by atoms with E-state index < -0.39 is 11.0 Å². The molecule has 2 aliphatic heterocycles. The van der Waals surface area contributed by atoms with Gasteiger partial charge in [0.2, 0.25) is 5.91 Å². The third kappa shape index (κ3) is 2.86. The fraction of sp³-hybridized carbons (Fsp3) is 0.556. The predicted octanol–water partition coefficient (Wildman–Crippen LogP) is 3.95. The highest BCUT2D eigenvalue weighted by Crippen LogP contribution is 2.47. The number of hydrogen-bond donors (Lipinski definition) is 1. The maximum Gasteiger partial charge on any atom is 0.410 e. The zero-order valence-electron chi connectivity index (χ0n) is 14.5. The highest BCUT2D eigenvalue weighted by atomic mass is 35.5. The molecule has 6 heteroatoms. The van der Waals surface area contributed by atoms with Crippen LogP contribution in [0.4, 0.5) is 10.5 Å². The van der Waals surface area contributed by atoms with Gasteiger partial charge in [-0.25, -0.2) is 4.79 Å². The lowest BCUT2D eigenvalue weighted by Gasteiger charge is -2.42. The van der Waals surface area contributed by atoms with Gasteiger partial charge in [-0.05, 0) is 64.3 Å². The van der Waals surface area contributed by atoms with Crippen molar-refractivity contribution < 1.29 is 14.3 Å². The number of amides is 2. The van der Waals surface area contributed by atoms with Crippen molar-refractivity contribution in [3.8, 4) is 0 Å². The van der Waals surface area contributed by atoms with Crippen LogP contribution < -0.4 is 5.32 Å². The number of likely N-dealkylation sites (tertiary alicyclic amines) is 1. The molecule has 2 aliphatic rings. The molecule has 1 N–H and O–H groups in total. The Bertz CT molecular complexity index is 698. The molecule has 130 valence electrons. The van der Waals surface area contributed by atoms with Crippen molar-refractivity contribution in [1.29, 1.82) is 0 Å². The first-order valence-electron chi connectivity index (χ1n) is 8.23. The molecule has 0 bridgehead atoms. The molecule has 1 saturated heterocycles. The average Bonchev–Trinajstić information content (AvgIpc) is 2.70. The lowest BCUT2D eigenvalue weighted by molar-refractivity contribution is -0.123. The Morgan fingerprint density at radius 2 is 2.12 bits per heavy atom. The Morgan fingerprint density at radius 3 is 2.75 bits per heavy atom. The van der Waals surface area contributed by atoms with E-state index in [1.54, 1.807) is 11.0 Å². The number of anilines is 1. The van der Waals surface area contributed by atoms with Crippen molar-refractivity contribution >= 4 is 29.3 Å². The maximum absolute atomic E-state index is 12.7. The number of nitrogens with one attached hydrogen (secondary N) is 1. The molecule has 0 aromatic heterocycles. The zero-order chi connectivity index (χ0) is 17.7. The Balaban J connectivity index is 1.84. The maximum atomic E-state index is 12.7. The number of fused-ring (bicyclic) bond motifs is 2. The van der Waals surface area contributed by atoms with Crippen molar-refractivity contribution in [2.75, 3.05) is 11.9 Å². The van der Waals surface area contributed by atoms with E-state index >= 15 is 0 Å². The summed E-state index contributed by atoms with van der Waals surface area (Å²) in [4.78, 5) is 26.8. The number of carbonyl (C=O) groups is 2. The van der Waals surface area contributed by atoms with Crippen LogP contribution in [0.15, 0.2) is 18.2 Å². The lowest BCUT2D eigenvalue weighted by Crippen LogP contribution is -2.53. The first kappa shape index (κ1) is 17.1. The van der Waals surface area contributed by atoms with Crippen molar-refractivity contribution in [1.82, 2.24) is 4.90 Å². The molecule has 1 spiro atoms. The summed E-state index contributed by atoms with van der Waals surface area (Å²) < 4.78 is 5.48. The van der Waals surface area contributed by atoms with E-state index in [9.17, 15) is 9.59 Å². The van der Waals surface area contributed by atoms with Gasteiger partial charge < -0.3 is 15.0 Å². The molecule has 2 atom stereocenters. The van der Waals surface area contributed by atoms with Crippen LogP contribution in [0.1, 0.15) is 46.1 Å². The Morgan fingerprint density at radius 1 is 1.42 bits per heavy atom. The van der Waals surface area contributed by atoms with Gasteiger partial charge >= 0.3 is 6.09 Å². The van der Waals surface area contributed by atoms with Crippen molar-refractivity contribution in [2.24, 2.45) is 0 Å². The quantitative estimate of drug-likeness (QED) is 0.770. The number of benzene rings is 1. The molecular weight excluding hydrogens is 328 g/mol. The van der Waals surface area contributed by atoms with Crippen LogP contribution in [0, 0.1) is 0 Å². The smallest absolute Gasteiger partial charge is 0.410 e. The van der Waals surface area contributed by atoms with Crippen molar-refractivity contribution in [2.45, 2.75) is 57.6 Å². The fourth-order valence-electron chi connectivity index (χ4n) is 3.68. The first-order valence-corrected chi connectivity index (χ1v) is 8.61. The van der Waals surface area contributed by atoms with E-state index in [1.807, 2.05) is 39.8 Å². The van der Waals surface area contributed by atoms with Crippen LogP contribution in [0.25, 0.3) is 0 Å². The number of rotatable bonds is 0. The summed E-state index contributed by atoms with van der Waals surface area (Å²) in [5.74, 6) is -0.00421. The van der Waals surface area contributed by atoms with Crippen LogP contribution in [0.2, 0.25) is 5.02 Å². The van der Waals surface area contributed by atoms with Crippen LogP contribution >= 0.6 is 11.6 Å². The summed E-state index contributed by atoms with van der Waals surface area (Å²) in [6.45, 7) is 7.99. The molecule has 0 saturated carbocycles. The number of halogens is 1. The minimum atomic E-state index is -0.613. The Hall–Kier alpha value is -1.75. The summed E-state index contributed by atoms with van der Waals surface area (Å²) >= 11 is 6.14. The normalized spacial score (nSPS) is 26.3. The molecule has 2 amide bonds. The van der Waals surface area contributed by atoms with Crippen LogP contribution in [0.5, 0.6) is 0 Å². The van der Waals surface area contributed by atoms with E-state index in [4.69, 9.17) is 16.3 Å². The monoisotopic (exact) mass is 350 g/mol. The van der Waals surface area contributed by atoms with Crippen LogP contribution in [-0.4, -0.2) is 35.1 Å². The first-order chi connectivity index (χ1) is 11.1. The molecule has 2 unspecified atom stereocenters. The van der Waals surface area contributed by atoms with Gasteiger partial charge in [-0.3, -0.25) is 4.79 Å². The SMILES string of the molecule is CC1CC2(CCN1C(=O)OC(C)(C)C)C(=O)Nc1ccc(Cl)cc12. The van der Waals surface area contributed by atoms with Gasteiger partial charge in [0.1, 0.15) is 5.60 Å². The highest BCUT2D eigenvalue weighted by molar-refractivity contribution is 6.31. The van der Waals surface area contributed by atoms with E-state index in [1.165, 1.54) is 0 Å². The van der Waals surface area contributed by atoms with E-state index in [-0.39, 0.29) is 18.0 Å². The number of carbonyl (C=O) groups excluding carboxylic acids is 2. The third-order valence-corrected chi connectivity index (χ3v) is 5.00. The lowest BCUT2D eigenvalue weighted by atomic mass is 9.71. The van der Waals surface area contributed by atoms with Gasteiger partial charge in [-0.2, -0.15) is 0 Å². The summed E-state index contributed by atoms with van der Waals surface area (Å²) in [6, 6.07) is 5.39. The highest BCUT2D eigenvalue weighted by Gasteiger charge is 2.51. The summed E-state index contributed by atoms with van der Waals surface area (Å²) in [7, 11) is 0. The summed E-state index contributed by atoms with van der Waals surface area (Å²) in [5, 5.41) is 3.57. The number of ether oxygens (including phenoxy) is 1. The standard InChI is InChI=1S/C18H23ClN2O3/c1-11-10-18(7-8-21(11)16(23)24-17(2,3)4)13-9-12(19)5-6-14(13)20-15(18)22/h5-6,9,11H,7-8,10H2,1-4H3,(H,20,22). The van der Waals surface area contributed by atoms with Gasteiger partial charge in [0.15, 0.2) is 0 Å². The molecule has 1 aromatic rings. The number of hydrogen-bond acceptors (Lipinski definition) is 3. The van der Waals surface area contributed by atoms with Gasteiger partial charge in [-0.15, -0.1) is 0 Å². The molecule has 1 aromatic carbocycles. The molecule has 3 rings (SSSR count). The fourth-order valence-corrected chi connectivity index (χ4v) is 3.85. The molecule has 1 fully saturated rings. The molecular formula is C18H23ClN2O3. The van der Waals surface area contributed by atoms with E-state index in [0.29, 0.717) is 24.4 Å². The van der Waals surface area contributed by atoms with Crippen molar-refractivity contribution in [3.05, 3.63) is 28.8 Å². The van der Waals surface area contributed by atoms with E-state index in [2.05, 4.69) is 5.32 Å². The summed E-state index contributed by atoms with van der Waals surface area (Å²) in [5.41, 5.74) is 0.618. The minimum absolute atomic E-state index is 0.00421. The second-order valence-electron chi connectivity index (χ2n) is 7.70. The molecule has 0 radical (unpaired) electrons. The van der Waals surface area contributed by atoms with E-state index in [0.717, 1.165) is 11.3 Å². The van der Waals surface area contributed by atoms with Crippen molar-refractivity contribution in [3.63, 3.8) is 0 Å². The van der Waals surface area contributed by atoms with Gasteiger partial charge in [0.25, 0.3) is 0 Å². The zero-order valence-corrected chi connectivity index (χ0v) is 15.2. The van der Waals surface area contributed by atoms with Gasteiger partial charge in [0, 0.05) is 23.3 Å². The molecule has 24 heavy (non-hydrogen) atoms. The largest absolute Gasteiger partial charge is 0.444 e. The molecule has 5 nitrogen and oxygen atoms in total. The predicted molar refractivity (Wildman–Crippen MR) is 93.4 cm³/mol. The average molecular weight is 351 g/mol. The molecule has 0 aliphatic carbocycles. The van der Waals surface area contributed by atoms with Crippen LogP contribution in [-0.2, 0) is 14.9 Å². The second-order valence-corrected chi connectivity index (χ2v) is 8.14. The second kappa shape index (κ2) is 5.66. The topological polar surface area (TPSA) is 58.6 Å². The Kier molecular flexibility index (Phi) is 4.03. The Labute approximate surface area is 147 Å².